The minimum atomic E-state index is -3.20. The average Bonchev–Trinajstić information content (AvgIpc) is 2.45. The molecule has 16 heavy (non-hydrogen) atoms. The number of rotatable bonds is 2. The fourth-order valence-electron chi connectivity index (χ4n) is 2.36. The first-order valence-electron chi connectivity index (χ1n) is 5.23. The number of hydrogen-bond acceptors (Lipinski definition) is 3. The van der Waals surface area contributed by atoms with Crippen molar-refractivity contribution in [2.24, 2.45) is 0 Å². The summed E-state index contributed by atoms with van der Waals surface area (Å²) in [4.78, 5) is 0.420. The van der Waals surface area contributed by atoms with E-state index in [0.29, 0.717) is 16.3 Å². The topological polar surface area (TPSA) is 46.2 Å². The summed E-state index contributed by atoms with van der Waals surface area (Å²) in [6.07, 6.45) is 0.597. The van der Waals surface area contributed by atoms with E-state index in [1.807, 2.05) is 6.92 Å². The summed E-state index contributed by atoms with van der Waals surface area (Å²) in [5, 5.41) is 3.26. The van der Waals surface area contributed by atoms with E-state index >= 15 is 0 Å². The molecule has 2 rings (SSSR count). The molecule has 3 nitrogen and oxygen atoms in total. The van der Waals surface area contributed by atoms with Crippen molar-refractivity contribution < 1.29 is 8.42 Å². The van der Waals surface area contributed by atoms with Crippen LogP contribution in [0, 0.1) is 0 Å². The highest BCUT2D eigenvalue weighted by molar-refractivity contribution is 7.92. The fourth-order valence-corrected chi connectivity index (χ4v) is 4.72. The highest BCUT2D eigenvalue weighted by atomic mass is 35.5. The second-order valence-electron chi connectivity index (χ2n) is 3.94. The summed E-state index contributed by atoms with van der Waals surface area (Å²) in [5.74, 6) is 0. The van der Waals surface area contributed by atoms with E-state index in [4.69, 9.17) is 11.6 Å². The van der Waals surface area contributed by atoms with Crippen LogP contribution in [0.1, 0.15) is 24.9 Å². The van der Waals surface area contributed by atoms with Crippen LogP contribution in [-0.4, -0.2) is 20.7 Å². The molecule has 1 heterocycles. The van der Waals surface area contributed by atoms with Crippen molar-refractivity contribution in [3.63, 3.8) is 0 Å². The van der Waals surface area contributed by atoms with Gasteiger partial charge in [-0.1, -0.05) is 18.5 Å². The van der Waals surface area contributed by atoms with Gasteiger partial charge in [-0.25, -0.2) is 8.42 Å². The molecule has 0 spiro atoms. The lowest BCUT2D eigenvalue weighted by Crippen LogP contribution is -2.28. The zero-order valence-corrected chi connectivity index (χ0v) is 10.8. The fraction of sp³-hybridized carbons (Fsp3) is 0.455. The third kappa shape index (κ3) is 1.56. The molecule has 0 aromatic heterocycles. The van der Waals surface area contributed by atoms with Crippen LogP contribution in [0.4, 0.5) is 0 Å². The third-order valence-electron chi connectivity index (χ3n) is 3.10. The zero-order valence-electron chi connectivity index (χ0n) is 9.20. The minimum absolute atomic E-state index is 0.149. The Bertz CT molecular complexity index is 513. The van der Waals surface area contributed by atoms with Gasteiger partial charge in [-0.15, -0.1) is 0 Å². The Kier molecular flexibility index (Phi) is 2.99. The molecule has 88 valence electrons. The van der Waals surface area contributed by atoms with E-state index < -0.39 is 9.84 Å². The summed E-state index contributed by atoms with van der Waals surface area (Å²) >= 11 is 5.91. The summed E-state index contributed by atoms with van der Waals surface area (Å²) in [5.41, 5.74) is 0.793. The van der Waals surface area contributed by atoms with Crippen LogP contribution in [0.25, 0.3) is 0 Å². The van der Waals surface area contributed by atoms with Crippen LogP contribution in [0.2, 0.25) is 5.02 Å². The number of nitrogens with one attached hydrogen (secondary N) is 1. The number of halogens is 1. The van der Waals surface area contributed by atoms with E-state index in [2.05, 4.69) is 5.32 Å². The van der Waals surface area contributed by atoms with Gasteiger partial charge >= 0.3 is 0 Å². The van der Waals surface area contributed by atoms with Crippen molar-refractivity contribution in [3.8, 4) is 0 Å². The van der Waals surface area contributed by atoms with Crippen LogP contribution < -0.4 is 5.32 Å². The van der Waals surface area contributed by atoms with Crippen molar-refractivity contribution >= 4 is 21.4 Å². The van der Waals surface area contributed by atoms with Gasteiger partial charge in [0, 0.05) is 5.02 Å². The first kappa shape index (κ1) is 11.9. The molecule has 0 bridgehead atoms. The predicted octanol–water partition coefficient (Wildman–Crippen LogP) is 2.17. The van der Waals surface area contributed by atoms with Crippen molar-refractivity contribution in [2.45, 2.75) is 29.5 Å². The van der Waals surface area contributed by atoms with E-state index in [1.54, 1.807) is 25.2 Å². The maximum Gasteiger partial charge on any atom is 0.183 e. The Morgan fingerprint density at radius 2 is 2.12 bits per heavy atom. The highest BCUT2D eigenvalue weighted by Crippen LogP contribution is 2.41. The van der Waals surface area contributed by atoms with E-state index in [0.717, 1.165) is 5.56 Å². The number of sulfone groups is 1. The van der Waals surface area contributed by atoms with Crippen LogP contribution in [0.3, 0.4) is 0 Å². The maximum absolute atomic E-state index is 12.2. The molecule has 5 heteroatoms. The summed E-state index contributed by atoms with van der Waals surface area (Å²) in [7, 11) is -1.42. The maximum atomic E-state index is 12.2. The Hall–Kier alpha value is -0.580. The van der Waals surface area contributed by atoms with Crippen LogP contribution in [-0.2, 0) is 9.84 Å². The Morgan fingerprint density at radius 1 is 1.44 bits per heavy atom. The molecule has 1 aliphatic heterocycles. The molecule has 0 saturated carbocycles. The van der Waals surface area contributed by atoms with E-state index in [1.165, 1.54) is 0 Å². The summed E-state index contributed by atoms with van der Waals surface area (Å²) in [6.45, 7) is 1.89. The van der Waals surface area contributed by atoms with Crippen LogP contribution in [0.15, 0.2) is 23.1 Å². The van der Waals surface area contributed by atoms with Gasteiger partial charge in [-0.3, -0.25) is 0 Å². The Labute approximate surface area is 101 Å². The van der Waals surface area contributed by atoms with Gasteiger partial charge < -0.3 is 5.32 Å². The van der Waals surface area contributed by atoms with Crippen LogP contribution in [0.5, 0.6) is 0 Å². The molecular weight excluding hydrogens is 246 g/mol. The molecule has 2 unspecified atom stereocenters. The molecule has 1 aliphatic rings. The van der Waals surface area contributed by atoms with Crippen molar-refractivity contribution in [1.29, 1.82) is 0 Å². The molecule has 0 aliphatic carbocycles. The lowest BCUT2D eigenvalue weighted by molar-refractivity contribution is 0.528. The van der Waals surface area contributed by atoms with Gasteiger partial charge in [0.15, 0.2) is 9.84 Å². The molecule has 0 fully saturated rings. The number of benzene rings is 1. The molecule has 0 saturated heterocycles. The predicted molar refractivity (Wildman–Crippen MR) is 64.5 cm³/mol. The molecule has 1 aromatic carbocycles. The Morgan fingerprint density at radius 3 is 2.69 bits per heavy atom. The molecule has 0 amide bonds. The van der Waals surface area contributed by atoms with Gasteiger partial charge in [-0.2, -0.15) is 0 Å². The third-order valence-corrected chi connectivity index (χ3v) is 5.72. The normalized spacial score (nSPS) is 26.7. The van der Waals surface area contributed by atoms with Gasteiger partial charge in [-0.05, 0) is 37.2 Å². The van der Waals surface area contributed by atoms with Crippen LogP contribution >= 0.6 is 11.6 Å². The average molecular weight is 260 g/mol. The quantitative estimate of drug-likeness (QED) is 0.885. The molecule has 2 atom stereocenters. The van der Waals surface area contributed by atoms with Crippen molar-refractivity contribution in [1.82, 2.24) is 5.32 Å². The molecule has 1 aromatic rings. The van der Waals surface area contributed by atoms with Gasteiger partial charge in [0.05, 0.1) is 16.2 Å². The highest BCUT2D eigenvalue weighted by Gasteiger charge is 2.43. The van der Waals surface area contributed by atoms with E-state index in [-0.39, 0.29) is 11.3 Å². The van der Waals surface area contributed by atoms with E-state index in [9.17, 15) is 8.42 Å². The van der Waals surface area contributed by atoms with Gasteiger partial charge in [0.25, 0.3) is 0 Å². The van der Waals surface area contributed by atoms with Crippen molar-refractivity contribution in [2.75, 3.05) is 7.05 Å². The largest absolute Gasteiger partial charge is 0.312 e. The standard InChI is InChI=1S/C11H14ClNO2S/c1-3-9-11(13-2)8-6-7(12)4-5-10(8)16(9,14)15/h4-6,9,11,13H,3H2,1-2H3. The molecule has 0 radical (unpaired) electrons. The Balaban J connectivity index is 2.67. The number of hydrogen-bond donors (Lipinski definition) is 1. The lowest BCUT2D eigenvalue weighted by atomic mass is 10.0. The number of fused-ring (bicyclic) bond motifs is 1. The first-order valence-corrected chi connectivity index (χ1v) is 7.15. The molecular formula is C11H14ClNO2S. The minimum Gasteiger partial charge on any atom is -0.312 e. The SMILES string of the molecule is CCC1C(NC)c2cc(Cl)ccc2S1(=O)=O. The van der Waals surface area contributed by atoms with Crippen molar-refractivity contribution in [3.05, 3.63) is 28.8 Å². The second-order valence-corrected chi connectivity index (χ2v) is 6.51. The molecule has 1 N–H and O–H groups in total. The summed E-state index contributed by atoms with van der Waals surface area (Å²) < 4.78 is 24.4. The summed E-state index contributed by atoms with van der Waals surface area (Å²) in [6, 6.07) is 4.82. The van der Waals surface area contributed by atoms with Gasteiger partial charge in [0.2, 0.25) is 0 Å². The zero-order chi connectivity index (χ0) is 11.9. The van der Waals surface area contributed by atoms with Gasteiger partial charge in [0.1, 0.15) is 0 Å². The first-order chi connectivity index (χ1) is 7.52. The monoisotopic (exact) mass is 259 g/mol. The second kappa shape index (κ2) is 4.02. The lowest BCUT2D eigenvalue weighted by Gasteiger charge is -2.16. The smallest absolute Gasteiger partial charge is 0.183 e.